The molecule has 3 saturated heterocycles. The van der Waals surface area contributed by atoms with E-state index in [1.54, 1.807) is 25.3 Å². The molecule has 0 unspecified atom stereocenters. The van der Waals surface area contributed by atoms with Gasteiger partial charge in [0.25, 0.3) is 0 Å². The van der Waals surface area contributed by atoms with E-state index in [2.05, 4.69) is 28.5 Å². The standard InChI is InChI=1S/C15H20N2O2.C15H20N2O.C14H18N2O/c1-19-10-9-17-7-5-12(6-8-17)14-4-2-3-13(11-16)15(14)18;1-2-8-17-9-6-12(7-10-17)14-5-3-4-13(11-16)15(14)18;1-2-16-8-6-11(7-9-16)13-5-3-4-12(10-15)14(13)17/h2-4,12,18H,5-10H2,1H3;3-5,12,18H,2,6-10H2,1H3;3-5,11,17H,2,6-9H2,1H3. The molecule has 3 aromatic carbocycles. The normalized spacial score (nSPS) is 17.6. The summed E-state index contributed by atoms with van der Waals surface area (Å²) in [6.45, 7) is 14.7. The summed E-state index contributed by atoms with van der Waals surface area (Å²) in [4.78, 5) is 7.27. The number of hydrogen-bond acceptors (Lipinski definition) is 10. The van der Waals surface area contributed by atoms with Gasteiger partial charge in [-0.25, -0.2) is 0 Å². The molecule has 6 rings (SSSR count). The average molecular weight is 735 g/mol. The highest BCUT2D eigenvalue weighted by molar-refractivity contribution is 5.50. The summed E-state index contributed by atoms with van der Waals surface area (Å²) >= 11 is 0. The number of rotatable bonds is 9. The monoisotopic (exact) mass is 734 g/mol. The Labute approximate surface area is 322 Å². The Hall–Kier alpha value is -4.63. The molecule has 0 bridgehead atoms. The highest BCUT2D eigenvalue weighted by Crippen LogP contribution is 2.37. The molecule has 0 atom stereocenters. The van der Waals surface area contributed by atoms with E-state index < -0.39 is 0 Å². The molecule has 0 spiro atoms. The molecule has 0 aromatic heterocycles. The molecule has 288 valence electrons. The lowest BCUT2D eigenvalue weighted by Gasteiger charge is -2.32. The average Bonchev–Trinajstić information content (AvgIpc) is 3.21. The fraction of sp³-hybridized carbons (Fsp3) is 0.523. The van der Waals surface area contributed by atoms with Crippen LogP contribution in [-0.4, -0.2) is 103 Å². The third kappa shape index (κ3) is 11.4. The first-order valence-corrected chi connectivity index (χ1v) is 19.6. The Morgan fingerprint density at radius 3 is 1.19 bits per heavy atom. The van der Waals surface area contributed by atoms with E-state index in [9.17, 15) is 15.3 Å². The molecule has 10 heteroatoms. The van der Waals surface area contributed by atoms with Crippen molar-refractivity contribution >= 4 is 0 Å². The molecule has 3 heterocycles. The van der Waals surface area contributed by atoms with Crippen LogP contribution in [0.5, 0.6) is 17.2 Å². The fourth-order valence-electron chi connectivity index (χ4n) is 7.98. The van der Waals surface area contributed by atoms with Crippen LogP contribution in [0.4, 0.5) is 0 Å². The zero-order valence-corrected chi connectivity index (χ0v) is 32.4. The maximum absolute atomic E-state index is 10.1. The second-order valence-corrected chi connectivity index (χ2v) is 14.5. The van der Waals surface area contributed by atoms with Gasteiger partial charge in [0.05, 0.1) is 23.3 Å². The summed E-state index contributed by atoms with van der Waals surface area (Å²) < 4.78 is 5.09. The maximum Gasteiger partial charge on any atom is 0.136 e. The Balaban J connectivity index is 0.000000181. The Bertz CT molecular complexity index is 1740. The Kier molecular flexibility index (Phi) is 17.1. The molecule has 54 heavy (non-hydrogen) atoms. The lowest BCUT2D eigenvalue weighted by Crippen LogP contribution is -2.35. The molecule has 0 saturated carbocycles. The van der Waals surface area contributed by atoms with E-state index in [0.717, 1.165) is 121 Å². The molecule has 3 N–H and O–H groups in total. The van der Waals surface area contributed by atoms with Gasteiger partial charge < -0.3 is 34.8 Å². The lowest BCUT2D eigenvalue weighted by atomic mass is 9.88. The van der Waals surface area contributed by atoms with Crippen molar-refractivity contribution in [3.8, 4) is 35.5 Å². The summed E-state index contributed by atoms with van der Waals surface area (Å²) in [5.41, 5.74) is 3.97. The van der Waals surface area contributed by atoms with Crippen molar-refractivity contribution in [3.05, 3.63) is 88.0 Å². The molecule has 3 fully saturated rings. The van der Waals surface area contributed by atoms with Gasteiger partial charge in [-0.1, -0.05) is 50.2 Å². The first kappa shape index (κ1) is 42.1. The quantitative estimate of drug-likeness (QED) is 0.203. The van der Waals surface area contributed by atoms with Crippen LogP contribution in [0, 0.1) is 34.0 Å². The third-order valence-corrected chi connectivity index (χ3v) is 11.2. The SMILES string of the molecule is CCCN1CCC(c2cccc(C#N)c2O)CC1.CCN1CCC(c2cccc(C#N)c2O)CC1.COCCN1CCC(c2cccc(C#N)c2O)CC1. The van der Waals surface area contributed by atoms with Gasteiger partial charge in [-0.3, -0.25) is 0 Å². The second kappa shape index (κ2) is 21.9. The largest absolute Gasteiger partial charge is 0.506 e. The maximum atomic E-state index is 10.1. The van der Waals surface area contributed by atoms with Gasteiger partial charge in [-0.2, -0.15) is 15.8 Å². The highest BCUT2D eigenvalue weighted by atomic mass is 16.5. The number of ether oxygens (including phenoxy) is 1. The van der Waals surface area contributed by atoms with E-state index in [-0.39, 0.29) is 17.2 Å². The van der Waals surface area contributed by atoms with Gasteiger partial charge in [-0.05, 0) is 150 Å². The van der Waals surface area contributed by atoms with Crippen molar-refractivity contribution in [3.63, 3.8) is 0 Å². The van der Waals surface area contributed by atoms with Crippen LogP contribution in [0.3, 0.4) is 0 Å². The molecule has 3 aliphatic rings. The molecule has 3 aliphatic heterocycles. The zero-order valence-electron chi connectivity index (χ0n) is 32.4. The van der Waals surface area contributed by atoms with Crippen LogP contribution < -0.4 is 0 Å². The van der Waals surface area contributed by atoms with Crippen molar-refractivity contribution in [2.24, 2.45) is 0 Å². The number of methoxy groups -OCH3 is 1. The number of piperidine rings is 3. The van der Waals surface area contributed by atoms with Crippen molar-refractivity contribution in [1.29, 1.82) is 15.8 Å². The minimum Gasteiger partial charge on any atom is -0.506 e. The van der Waals surface area contributed by atoms with Gasteiger partial charge in [0, 0.05) is 13.7 Å². The Morgan fingerprint density at radius 1 is 0.556 bits per heavy atom. The van der Waals surface area contributed by atoms with Crippen LogP contribution in [0.25, 0.3) is 0 Å². The van der Waals surface area contributed by atoms with Crippen LogP contribution in [0.1, 0.15) is 110 Å². The molecular formula is C44H58N6O4. The van der Waals surface area contributed by atoms with Crippen molar-refractivity contribution in [2.75, 3.05) is 72.6 Å². The van der Waals surface area contributed by atoms with Crippen molar-refractivity contribution < 1.29 is 20.1 Å². The van der Waals surface area contributed by atoms with Crippen LogP contribution in [0.2, 0.25) is 0 Å². The smallest absolute Gasteiger partial charge is 0.136 e. The number of nitriles is 3. The third-order valence-electron chi connectivity index (χ3n) is 11.2. The van der Waals surface area contributed by atoms with Gasteiger partial charge >= 0.3 is 0 Å². The summed E-state index contributed by atoms with van der Waals surface area (Å²) in [6, 6.07) is 22.5. The van der Waals surface area contributed by atoms with E-state index in [1.165, 1.54) is 6.42 Å². The number of para-hydroxylation sites is 3. The predicted octanol–water partition coefficient (Wildman–Crippen LogP) is 7.41. The minimum absolute atomic E-state index is 0.167. The number of likely N-dealkylation sites (tertiary alicyclic amines) is 3. The van der Waals surface area contributed by atoms with E-state index in [0.29, 0.717) is 34.4 Å². The van der Waals surface area contributed by atoms with Crippen molar-refractivity contribution in [1.82, 2.24) is 14.7 Å². The first-order chi connectivity index (χ1) is 26.3. The molecule has 0 aliphatic carbocycles. The topological polar surface area (TPSA) is 151 Å². The van der Waals surface area contributed by atoms with E-state index in [1.807, 2.05) is 54.6 Å². The van der Waals surface area contributed by atoms with Gasteiger partial charge in [0.15, 0.2) is 0 Å². The molecular weight excluding hydrogens is 677 g/mol. The van der Waals surface area contributed by atoms with E-state index >= 15 is 0 Å². The summed E-state index contributed by atoms with van der Waals surface area (Å²) in [5, 5.41) is 57.0. The summed E-state index contributed by atoms with van der Waals surface area (Å²) in [5.74, 6) is 1.68. The van der Waals surface area contributed by atoms with Crippen LogP contribution in [-0.2, 0) is 4.74 Å². The van der Waals surface area contributed by atoms with Gasteiger partial charge in [0.2, 0.25) is 0 Å². The zero-order chi connectivity index (χ0) is 38.9. The Morgan fingerprint density at radius 2 is 0.889 bits per heavy atom. The van der Waals surface area contributed by atoms with Gasteiger partial charge in [-0.15, -0.1) is 0 Å². The molecule has 0 radical (unpaired) electrons. The molecule has 3 aromatic rings. The van der Waals surface area contributed by atoms with Crippen molar-refractivity contribution in [2.45, 2.75) is 76.5 Å². The number of phenols is 3. The predicted molar refractivity (Wildman–Crippen MR) is 212 cm³/mol. The minimum atomic E-state index is 0.167. The van der Waals surface area contributed by atoms with Gasteiger partial charge in [0.1, 0.15) is 35.5 Å². The second-order valence-electron chi connectivity index (χ2n) is 14.5. The summed E-state index contributed by atoms with van der Waals surface area (Å²) in [6.07, 6.45) is 7.51. The number of nitrogens with zero attached hydrogens (tertiary/aromatic N) is 6. The molecule has 0 amide bonds. The molecule has 10 nitrogen and oxygen atoms in total. The number of benzene rings is 3. The first-order valence-electron chi connectivity index (χ1n) is 19.6. The van der Waals surface area contributed by atoms with Crippen LogP contribution in [0.15, 0.2) is 54.6 Å². The number of aromatic hydroxyl groups is 3. The summed E-state index contributed by atoms with van der Waals surface area (Å²) in [7, 11) is 1.72. The lowest BCUT2D eigenvalue weighted by molar-refractivity contribution is 0.130. The highest BCUT2D eigenvalue weighted by Gasteiger charge is 2.25. The number of phenolic OH excluding ortho intramolecular Hbond substituents is 3. The fourth-order valence-corrected chi connectivity index (χ4v) is 7.98. The number of hydrogen-bond donors (Lipinski definition) is 3. The van der Waals surface area contributed by atoms with E-state index in [4.69, 9.17) is 20.5 Å². The van der Waals surface area contributed by atoms with Crippen LogP contribution >= 0.6 is 0 Å².